The first-order valence-corrected chi connectivity index (χ1v) is 12.7. The summed E-state index contributed by atoms with van der Waals surface area (Å²) in [4.78, 5) is 14.0. The minimum absolute atomic E-state index is 0.0669. The zero-order valence-corrected chi connectivity index (χ0v) is 19.4. The van der Waals surface area contributed by atoms with Gasteiger partial charge in [-0.3, -0.25) is 14.8 Å². The lowest BCUT2D eigenvalue weighted by atomic mass is 10.2. The summed E-state index contributed by atoms with van der Waals surface area (Å²) >= 11 is 8.02. The Morgan fingerprint density at radius 3 is 2.34 bits per heavy atom. The molecule has 2 N–H and O–H groups in total. The lowest BCUT2D eigenvalue weighted by Crippen LogP contribution is -2.13. The Balaban J connectivity index is 1.50. The van der Waals surface area contributed by atoms with Crippen LogP contribution in [0, 0.1) is 0 Å². The number of amides is 1. The Labute approximate surface area is 197 Å². The van der Waals surface area contributed by atoms with Crippen molar-refractivity contribution in [2.24, 2.45) is 0 Å². The smallest absolute Gasteiger partial charge is 0.291 e. The van der Waals surface area contributed by atoms with Crippen LogP contribution < -0.4 is 10.0 Å². The molecule has 0 spiro atoms. The van der Waals surface area contributed by atoms with Crippen LogP contribution in [0.5, 0.6) is 0 Å². The van der Waals surface area contributed by atoms with Gasteiger partial charge in [0, 0.05) is 20.4 Å². The van der Waals surface area contributed by atoms with E-state index in [1.54, 1.807) is 36.4 Å². The molecule has 0 bridgehead atoms. The van der Waals surface area contributed by atoms with Gasteiger partial charge in [-0.25, -0.2) is 0 Å². The van der Waals surface area contributed by atoms with Crippen molar-refractivity contribution in [2.75, 3.05) is 10.0 Å². The van der Waals surface area contributed by atoms with Gasteiger partial charge in [0.2, 0.25) is 5.13 Å². The molecular weight excluding hydrogens is 488 g/mol. The number of hydrogen-bond donors (Lipinski definition) is 2. The molecule has 0 unspecified atom stereocenters. The van der Waals surface area contributed by atoms with E-state index in [2.05, 4.69) is 20.2 Å². The van der Waals surface area contributed by atoms with E-state index in [9.17, 15) is 13.2 Å². The molecule has 0 radical (unpaired) electrons. The van der Waals surface area contributed by atoms with Crippen LogP contribution in [-0.4, -0.2) is 24.5 Å². The maximum atomic E-state index is 12.9. The summed E-state index contributed by atoms with van der Waals surface area (Å²) in [5.41, 5.74) is 0.780. The number of benzene rings is 3. The standard InChI is InChI=1S/C21H15ClN4O3S3/c22-15-12-10-14(11-13-15)19(27)23-20-24-25-21(31-20)32(28,29)26-17-8-4-5-9-18(17)30-16-6-2-1-3-7-16/h1-13,26H,(H,23,24,27). The molecule has 32 heavy (non-hydrogen) atoms. The summed E-state index contributed by atoms with van der Waals surface area (Å²) in [5.74, 6) is -0.445. The predicted molar refractivity (Wildman–Crippen MR) is 127 cm³/mol. The average Bonchev–Trinajstić information content (AvgIpc) is 3.26. The molecule has 11 heteroatoms. The number of halogens is 1. The molecule has 0 aliphatic carbocycles. The van der Waals surface area contributed by atoms with Gasteiger partial charge in [-0.05, 0) is 48.5 Å². The summed E-state index contributed by atoms with van der Waals surface area (Å²) in [6.45, 7) is 0. The number of nitrogens with zero attached hydrogens (tertiary/aromatic N) is 2. The van der Waals surface area contributed by atoms with Crippen LogP contribution in [0.15, 0.2) is 93.0 Å². The van der Waals surface area contributed by atoms with Crippen LogP contribution in [0.4, 0.5) is 10.8 Å². The molecule has 4 rings (SSSR count). The van der Waals surface area contributed by atoms with E-state index in [1.165, 1.54) is 11.8 Å². The Hall–Kier alpha value is -2.92. The number of carbonyl (C=O) groups excluding carboxylic acids is 1. The summed E-state index contributed by atoms with van der Waals surface area (Å²) < 4.78 is 28.0. The molecular formula is C21H15ClN4O3S3. The lowest BCUT2D eigenvalue weighted by molar-refractivity contribution is 0.102. The van der Waals surface area contributed by atoms with Crippen LogP contribution in [-0.2, 0) is 10.0 Å². The highest BCUT2D eigenvalue weighted by atomic mass is 35.5. The van der Waals surface area contributed by atoms with E-state index in [0.717, 1.165) is 21.1 Å². The maximum Gasteiger partial charge on any atom is 0.291 e. The fourth-order valence-electron chi connectivity index (χ4n) is 2.58. The first-order valence-electron chi connectivity index (χ1n) is 9.16. The second-order valence-electron chi connectivity index (χ2n) is 6.35. The van der Waals surface area contributed by atoms with Gasteiger partial charge in [0.1, 0.15) is 0 Å². The van der Waals surface area contributed by atoms with E-state index in [1.807, 2.05) is 42.5 Å². The highest BCUT2D eigenvalue weighted by molar-refractivity contribution is 7.99. The van der Waals surface area contributed by atoms with Crippen molar-refractivity contribution in [3.63, 3.8) is 0 Å². The summed E-state index contributed by atoms with van der Waals surface area (Å²) in [6.07, 6.45) is 0. The Morgan fingerprint density at radius 1 is 0.906 bits per heavy atom. The zero-order valence-electron chi connectivity index (χ0n) is 16.2. The van der Waals surface area contributed by atoms with Gasteiger partial charge < -0.3 is 0 Å². The third kappa shape index (κ3) is 5.46. The van der Waals surface area contributed by atoms with Crippen LogP contribution in [0.25, 0.3) is 0 Å². The first kappa shape index (κ1) is 22.3. The highest BCUT2D eigenvalue weighted by Crippen LogP contribution is 2.34. The van der Waals surface area contributed by atoms with Gasteiger partial charge >= 0.3 is 0 Å². The van der Waals surface area contributed by atoms with Crippen molar-refractivity contribution < 1.29 is 13.2 Å². The van der Waals surface area contributed by atoms with Crippen molar-refractivity contribution in [1.29, 1.82) is 0 Å². The van der Waals surface area contributed by atoms with E-state index < -0.39 is 15.9 Å². The van der Waals surface area contributed by atoms with Crippen LogP contribution in [0.2, 0.25) is 5.02 Å². The first-order chi connectivity index (χ1) is 15.4. The topological polar surface area (TPSA) is 101 Å². The van der Waals surface area contributed by atoms with Gasteiger partial charge in [0.25, 0.3) is 20.3 Å². The second-order valence-corrected chi connectivity index (χ2v) is 10.7. The fourth-order valence-corrected chi connectivity index (χ4v) is 5.67. The quantitative estimate of drug-likeness (QED) is 0.328. The predicted octanol–water partition coefficient (Wildman–Crippen LogP) is 5.40. The van der Waals surface area contributed by atoms with Gasteiger partial charge in [-0.2, -0.15) is 8.42 Å². The Morgan fingerprint density at radius 2 is 1.59 bits per heavy atom. The van der Waals surface area contributed by atoms with Crippen LogP contribution >= 0.6 is 34.7 Å². The van der Waals surface area contributed by atoms with Crippen LogP contribution in [0.3, 0.4) is 0 Å². The number of nitrogens with one attached hydrogen (secondary N) is 2. The van der Waals surface area contributed by atoms with E-state index >= 15 is 0 Å². The molecule has 1 aromatic heterocycles. The number of sulfonamides is 1. The Bertz CT molecular complexity index is 1340. The number of aromatic nitrogens is 2. The molecule has 0 atom stereocenters. The summed E-state index contributed by atoms with van der Waals surface area (Å²) in [7, 11) is -4.00. The van der Waals surface area contributed by atoms with E-state index in [-0.39, 0.29) is 9.47 Å². The maximum absolute atomic E-state index is 12.9. The number of anilines is 2. The third-order valence-corrected chi connectivity index (χ3v) is 7.97. The van der Waals surface area contributed by atoms with Crippen LogP contribution in [0.1, 0.15) is 10.4 Å². The molecule has 0 saturated heterocycles. The number of para-hydroxylation sites is 1. The molecule has 162 valence electrons. The summed E-state index contributed by atoms with van der Waals surface area (Å²) in [6, 6.07) is 23.0. The zero-order chi connectivity index (χ0) is 22.6. The SMILES string of the molecule is O=C(Nc1nnc(S(=O)(=O)Nc2ccccc2Sc2ccccc2)s1)c1ccc(Cl)cc1. The lowest BCUT2D eigenvalue weighted by Gasteiger charge is -2.10. The van der Waals surface area contributed by atoms with E-state index in [0.29, 0.717) is 16.3 Å². The van der Waals surface area contributed by atoms with Crippen molar-refractivity contribution >= 4 is 61.4 Å². The molecule has 1 heterocycles. The van der Waals surface area contributed by atoms with Gasteiger partial charge in [0.05, 0.1) is 5.69 Å². The normalized spacial score (nSPS) is 11.2. The molecule has 0 fully saturated rings. The summed E-state index contributed by atoms with van der Waals surface area (Å²) in [5, 5.41) is 10.6. The van der Waals surface area contributed by atoms with Crippen molar-refractivity contribution in [3.8, 4) is 0 Å². The molecule has 0 aliphatic rings. The molecule has 3 aromatic carbocycles. The molecule has 0 saturated carbocycles. The molecule has 1 amide bonds. The van der Waals surface area contributed by atoms with Gasteiger partial charge in [-0.15, -0.1) is 10.2 Å². The number of hydrogen-bond acceptors (Lipinski definition) is 7. The van der Waals surface area contributed by atoms with Gasteiger partial charge in [0.15, 0.2) is 0 Å². The monoisotopic (exact) mass is 502 g/mol. The van der Waals surface area contributed by atoms with Crippen molar-refractivity contribution in [3.05, 3.63) is 89.4 Å². The van der Waals surface area contributed by atoms with E-state index in [4.69, 9.17) is 11.6 Å². The van der Waals surface area contributed by atoms with Crippen molar-refractivity contribution in [1.82, 2.24) is 10.2 Å². The fraction of sp³-hybridized carbons (Fsp3) is 0. The Kier molecular flexibility index (Phi) is 6.75. The van der Waals surface area contributed by atoms with Crippen molar-refractivity contribution in [2.45, 2.75) is 14.1 Å². The largest absolute Gasteiger partial charge is 0.296 e. The third-order valence-electron chi connectivity index (χ3n) is 4.07. The average molecular weight is 503 g/mol. The number of carbonyl (C=O) groups is 1. The molecule has 7 nitrogen and oxygen atoms in total. The molecule has 4 aromatic rings. The second kappa shape index (κ2) is 9.70. The molecule has 0 aliphatic heterocycles. The highest BCUT2D eigenvalue weighted by Gasteiger charge is 2.22. The van der Waals surface area contributed by atoms with Gasteiger partial charge in [-0.1, -0.05) is 65.0 Å². The minimum Gasteiger partial charge on any atom is -0.296 e. The minimum atomic E-state index is -4.00. The number of rotatable bonds is 7.